The molecule has 1 saturated heterocycles. The van der Waals surface area contributed by atoms with Crippen LogP contribution in [0, 0.1) is 5.92 Å². The summed E-state index contributed by atoms with van der Waals surface area (Å²) < 4.78 is 5.62. The fraction of sp³-hybridized carbons (Fsp3) is 0.467. The Kier molecular flexibility index (Phi) is 5.49. The van der Waals surface area contributed by atoms with E-state index in [0.717, 1.165) is 19.3 Å². The van der Waals surface area contributed by atoms with Gasteiger partial charge in [0, 0.05) is 13.1 Å². The molecule has 2 rings (SSSR count). The molecule has 1 heterocycles. The molecular weight excluding hydrogens is 308 g/mol. The van der Waals surface area contributed by atoms with Crippen molar-refractivity contribution in [1.29, 1.82) is 0 Å². The molecule has 22 heavy (non-hydrogen) atoms. The van der Waals surface area contributed by atoms with Crippen molar-refractivity contribution in [1.82, 2.24) is 4.90 Å². The maximum absolute atomic E-state index is 11.0. The normalized spacial score (nSPS) is 15.6. The number of carboxylic acid groups (broad SMARTS) is 1. The summed E-state index contributed by atoms with van der Waals surface area (Å²) >= 11 is 6.00. The van der Waals surface area contributed by atoms with Crippen LogP contribution in [0.25, 0.3) is 0 Å². The number of nitrogens with two attached hydrogens (primary N) is 1. The van der Waals surface area contributed by atoms with E-state index in [1.807, 2.05) is 0 Å². The summed E-state index contributed by atoms with van der Waals surface area (Å²) in [5.74, 6) is -0.0384. The van der Waals surface area contributed by atoms with E-state index < -0.39 is 5.97 Å². The van der Waals surface area contributed by atoms with E-state index >= 15 is 0 Å². The molecule has 1 fully saturated rings. The number of halogens is 1. The van der Waals surface area contributed by atoms with Crippen LogP contribution in [0.4, 0.5) is 4.79 Å². The van der Waals surface area contributed by atoms with Crippen LogP contribution in [0.5, 0.6) is 5.75 Å². The Bertz CT molecular complexity index is 556. The summed E-state index contributed by atoms with van der Waals surface area (Å²) in [4.78, 5) is 23.5. The van der Waals surface area contributed by atoms with Crippen LogP contribution < -0.4 is 10.5 Å². The van der Waals surface area contributed by atoms with E-state index in [9.17, 15) is 9.59 Å². The van der Waals surface area contributed by atoms with Gasteiger partial charge < -0.3 is 20.5 Å². The first-order valence-corrected chi connectivity index (χ1v) is 7.55. The molecule has 0 radical (unpaired) electrons. The van der Waals surface area contributed by atoms with Gasteiger partial charge in [0.15, 0.2) is 0 Å². The molecule has 1 aliphatic heterocycles. The molecule has 0 aromatic heterocycles. The van der Waals surface area contributed by atoms with E-state index in [4.69, 9.17) is 27.2 Å². The Labute approximate surface area is 133 Å². The maximum atomic E-state index is 11.0. The summed E-state index contributed by atoms with van der Waals surface area (Å²) in [7, 11) is 0. The molecule has 1 aliphatic rings. The average Bonchev–Trinajstić information content (AvgIpc) is 2.49. The number of carboxylic acids is 1. The van der Waals surface area contributed by atoms with Gasteiger partial charge in [-0.05, 0) is 43.4 Å². The third-order valence-corrected chi connectivity index (χ3v) is 4.18. The number of likely N-dealkylation sites (tertiary alicyclic amines) is 1. The zero-order valence-electron chi connectivity index (χ0n) is 12.1. The topological polar surface area (TPSA) is 92.9 Å². The average molecular weight is 327 g/mol. The van der Waals surface area contributed by atoms with Gasteiger partial charge in [0.2, 0.25) is 0 Å². The third kappa shape index (κ3) is 4.27. The van der Waals surface area contributed by atoms with Gasteiger partial charge in [0.1, 0.15) is 5.75 Å². The van der Waals surface area contributed by atoms with Crippen LogP contribution in [0.2, 0.25) is 5.02 Å². The van der Waals surface area contributed by atoms with Crippen LogP contribution in [-0.4, -0.2) is 41.7 Å². The van der Waals surface area contributed by atoms with E-state index in [2.05, 4.69) is 0 Å². The first-order valence-electron chi connectivity index (χ1n) is 7.17. The monoisotopic (exact) mass is 326 g/mol. The molecule has 1 aromatic carbocycles. The van der Waals surface area contributed by atoms with Crippen LogP contribution in [0.3, 0.4) is 0 Å². The smallest absolute Gasteiger partial charge is 0.335 e. The summed E-state index contributed by atoms with van der Waals surface area (Å²) in [6.07, 6.45) is 2.69. The first kappa shape index (κ1) is 16.4. The zero-order valence-corrected chi connectivity index (χ0v) is 12.9. The minimum atomic E-state index is -1.02. The van der Waals surface area contributed by atoms with E-state index in [1.165, 1.54) is 12.1 Å². The van der Waals surface area contributed by atoms with Crippen molar-refractivity contribution < 1.29 is 19.4 Å². The standard InChI is InChI=1S/C15H19ClN2O4/c16-12-9-11(14(19)20)1-2-13(12)22-8-5-10-3-6-18(7-4-10)15(17)21/h1-2,9-10H,3-8H2,(H2,17,21)(H,19,20). The van der Waals surface area contributed by atoms with Crippen LogP contribution in [-0.2, 0) is 0 Å². The fourth-order valence-corrected chi connectivity index (χ4v) is 2.76. The number of carbonyl (C=O) groups excluding carboxylic acids is 1. The number of rotatable bonds is 5. The Balaban J connectivity index is 1.77. The number of aromatic carboxylic acids is 1. The number of urea groups is 1. The van der Waals surface area contributed by atoms with Crippen LogP contribution in [0.1, 0.15) is 29.6 Å². The molecule has 0 unspecified atom stereocenters. The van der Waals surface area contributed by atoms with E-state index in [0.29, 0.717) is 36.4 Å². The third-order valence-electron chi connectivity index (χ3n) is 3.89. The molecule has 6 nitrogen and oxygen atoms in total. The number of piperidine rings is 1. The summed E-state index contributed by atoms with van der Waals surface area (Å²) in [5, 5.41) is 9.17. The number of amides is 2. The molecule has 0 saturated carbocycles. The van der Waals surface area contributed by atoms with Crippen molar-refractivity contribution in [3.63, 3.8) is 0 Å². The van der Waals surface area contributed by atoms with Crippen molar-refractivity contribution in [2.45, 2.75) is 19.3 Å². The molecule has 0 spiro atoms. The molecule has 7 heteroatoms. The van der Waals surface area contributed by atoms with E-state index in [-0.39, 0.29) is 11.6 Å². The largest absolute Gasteiger partial charge is 0.492 e. The van der Waals surface area contributed by atoms with Gasteiger partial charge in [-0.3, -0.25) is 0 Å². The van der Waals surface area contributed by atoms with Crippen molar-refractivity contribution in [3.05, 3.63) is 28.8 Å². The molecule has 0 atom stereocenters. The second-order valence-electron chi connectivity index (χ2n) is 5.36. The van der Waals surface area contributed by atoms with Crippen molar-refractivity contribution in [2.75, 3.05) is 19.7 Å². The maximum Gasteiger partial charge on any atom is 0.335 e. The lowest BCUT2D eigenvalue weighted by atomic mass is 9.94. The number of nitrogens with zero attached hydrogens (tertiary/aromatic N) is 1. The number of benzene rings is 1. The molecular formula is C15H19ClN2O4. The second kappa shape index (κ2) is 7.35. The predicted molar refractivity (Wildman–Crippen MR) is 82.4 cm³/mol. The van der Waals surface area contributed by atoms with Gasteiger partial charge in [0.05, 0.1) is 17.2 Å². The highest BCUT2D eigenvalue weighted by molar-refractivity contribution is 6.32. The highest BCUT2D eigenvalue weighted by atomic mass is 35.5. The molecule has 2 amide bonds. The Hall–Kier alpha value is -1.95. The first-order chi connectivity index (χ1) is 10.5. The highest BCUT2D eigenvalue weighted by Gasteiger charge is 2.21. The zero-order chi connectivity index (χ0) is 16.1. The number of primary amides is 1. The Morgan fingerprint density at radius 3 is 2.59 bits per heavy atom. The SMILES string of the molecule is NC(=O)N1CCC(CCOc2ccc(C(=O)O)cc2Cl)CC1. The minimum Gasteiger partial charge on any atom is -0.492 e. The van der Waals surface area contributed by atoms with Crippen molar-refractivity contribution in [3.8, 4) is 5.75 Å². The van der Waals surface area contributed by atoms with Gasteiger partial charge in [-0.1, -0.05) is 11.6 Å². The van der Waals surface area contributed by atoms with E-state index in [1.54, 1.807) is 11.0 Å². The summed E-state index contributed by atoms with van der Waals surface area (Å²) in [5.41, 5.74) is 5.38. The quantitative estimate of drug-likeness (QED) is 0.869. The van der Waals surface area contributed by atoms with Gasteiger partial charge in [-0.2, -0.15) is 0 Å². The Morgan fingerprint density at radius 1 is 1.36 bits per heavy atom. The number of carbonyl (C=O) groups is 2. The predicted octanol–water partition coefficient (Wildman–Crippen LogP) is 2.60. The van der Waals surface area contributed by atoms with Crippen molar-refractivity contribution >= 4 is 23.6 Å². The minimum absolute atomic E-state index is 0.135. The van der Waals surface area contributed by atoms with Gasteiger partial charge in [-0.15, -0.1) is 0 Å². The molecule has 3 N–H and O–H groups in total. The molecule has 120 valence electrons. The number of hydrogen-bond donors (Lipinski definition) is 2. The second-order valence-corrected chi connectivity index (χ2v) is 5.76. The highest BCUT2D eigenvalue weighted by Crippen LogP contribution is 2.27. The lowest BCUT2D eigenvalue weighted by Crippen LogP contribution is -2.41. The van der Waals surface area contributed by atoms with Gasteiger partial charge in [0.25, 0.3) is 0 Å². The fourth-order valence-electron chi connectivity index (χ4n) is 2.53. The van der Waals surface area contributed by atoms with Crippen LogP contribution in [0.15, 0.2) is 18.2 Å². The van der Waals surface area contributed by atoms with Crippen molar-refractivity contribution in [2.24, 2.45) is 11.7 Å². The lowest BCUT2D eigenvalue weighted by Gasteiger charge is -2.30. The number of hydrogen-bond acceptors (Lipinski definition) is 3. The molecule has 1 aromatic rings. The van der Waals surface area contributed by atoms with Gasteiger partial charge >= 0.3 is 12.0 Å². The summed E-state index contributed by atoms with van der Waals surface area (Å²) in [6.45, 7) is 1.88. The Morgan fingerprint density at radius 2 is 2.05 bits per heavy atom. The number of ether oxygens (including phenoxy) is 1. The molecule has 0 aliphatic carbocycles. The van der Waals surface area contributed by atoms with Gasteiger partial charge in [-0.25, -0.2) is 9.59 Å². The lowest BCUT2D eigenvalue weighted by molar-refractivity contribution is 0.0697. The van der Waals surface area contributed by atoms with Crippen LogP contribution >= 0.6 is 11.6 Å². The molecule has 0 bridgehead atoms. The summed E-state index contributed by atoms with van der Waals surface area (Å²) in [6, 6.07) is 4.06.